The van der Waals surface area contributed by atoms with Gasteiger partial charge in [-0.2, -0.15) is 0 Å². The first kappa shape index (κ1) is 16.6. The number of hydrogen-bond donors (Lipinski definition) is 2. The van der Waals surface area contributed by atoms with Crippen molar-refractivity contribution in [3.63, 3.8) is 0 Å². The van der Waals surface area contributed by atoms with Crippen molar-refractivity contribution in [3.05, 3.63) is 18.7 Å². The molecule has 0 aromatic carbocycles. The van der Waals surface area contributed by atoms with Gasteiger partial charge in [0.1, 0.15) is 0 Å². The first-order valence-electron chi connectivity index (χ1n) is 8.50. The fourth-order valence-corrected chi connectivity index (χ4v) is 2.91. The van der Waals surface area contributed by atoms with Gasteiger partial charge in [-0.05, 0) is 6.42 Å². The first-order chi connectivity index (χ1) is 12.8. The van der Waals surface area contributed by atoms with E-state index < -0.39 is 0 Å². The van der Waals surface area contributed by atoms with Crippen molar-refractivity contribution < 1.29 is 9.84 Å². The lowest BCUT2D eigenvalue weighted by atomic mass is 10.3. The Balaban J connectivity index is 1.84. The summed E-state index contributed by atoms with van der Waals surface area (Å²) in [4.78, 5) is 24.1. The summed E-state index contributed by atoms with van der Waals surface area (Å²) >= 11 is 0. The molecule has 1 fully saturated rings. The second kappa shape index (κ2) is 7.18. The number of nitrogen functional groups attached to an aromatic ring is 1. The number of imidazole rings is 1. The number of ether oxygens (including phenoxy) is 1. The Kier molecular flexibility index (Phi) is 4.59. The molecule has 0 aliphatic carbocycles. The van der Waals surface area contributed by atoms with Gasteiger partial charge in [0.25, 0.3) is 0 Å². The van der Waals surface area contributed by atoms with Crippen LogP contribution in [0.1, 0.15) is 6.42 Å². The summed E-state index contributed by atoms with van der Waals surface area (Å²) in [7, 11) is 0. The molecular formula is C16H20N8O2. The number of nitrogens with two attached hydrogens (primary N) is 1. The van der Waals surface area contributed by atoms with Crippen molar-refractivity contribution in [1.29, 1.82) is 0 Å². The fourth-order valence-electron chi connectivity index (χ4n) is 2.91. The molecular weight excluding hydrogens is 336 g/mol. The quantitative estimate of drug-likeness (QED) is 0.653. The lowest BCUT2D eigenvalue weighted by molar-refractivity contribution is 0.122. The number of aliphatic hydroxyl groups excluding tert-OH is 1. The number of anilines is 2. The SMILES string of the molecule is Nc1ncc(-c2nc(N3CCOCC3)c3ncn(CCCO)c3n2)cn1. The number of hydrogen-bond acceptors (Lipinski definition) is 9. The van der Waals surface area contributed by atoms with E-state index in [0.717, 1.165) is 30.1 Å². The summed E-state index contributed by atoms with van der Waals surface area (Å²) in [6, 6.07) is 0. The Morgan fingerprint density at radius 2 is 1.88 bits per heavy atom. The number of nitrogens with zero attached hydrogens (tertiary/aromatic N) is 7. The highest BCUT2D eigenvalue weighted by Gasteiger charge is 2.21. The summed E-state index contributed by atoms with van der Waals surface area (Å²) < 4.78 is 7.38. The predicted octanol–water partition coefficient (Wildman–Crippen LogP) is 0.0845. The Morgan fingerprint density at radius 3 is 2.62 bits per heavy atom. The highest BCUT2D eigenvalue weighted by Crippen LogP contribution is 2.27. The maximum Gasteiger partial charge on any atom is 0.219 e. The maximum atomic E-state index is 9.14. The molecule has 10 nitrogen and oxygen atoms in total. The van der Waals surface area contributed by atoms with Gasteiger partial charge in [-0.15, -0.1) is 0 Å². The smallest absolute Gasteiger partial charge is 0.219 e. The van der Waals surface area contributed by atoms with Crippen LogP contribution in [0.4, 0.5) is 11.8 Å². The average molecular weight is 356 g/mol. The van der Waals surface area contributed by atoms with Crippen molar-refractivity contribution in [2.75, 3.05) is 43.5 Å². The molecule has 0 radical (unpaired) electrons. The van der Waals surface area contributed by atoms with E-state index in [9.17, 15) is 0 Å². The molecule has 4 rings (SSSR count). The zero-order chi connectivity index (χ0) is 17.9. The largest absolute Gasteiger partial charge is 0.396 e. The maximum absolute atomic E-state index is 9.14. The molecule has 26 heavy (non-hydrogen) atoms. The van der Waals surface area contributed by atoms with E-state index in [0.29, 0.717) is 37.6 Å². The third-order valence-corrected chi connectivity index (χ3v) is 4.24. The lowest BCUT2D eigenvalue weighted by Crippen LogP contribution is -2.37. The Morgan fingerprint density at radius 1 is 1.12 bits per heavy atom. The molecule has 4 heterocycles. The highest BCUT2D eigenvalue weighted by atomic mass is 16.5. The van der Waals surface area contributed by atoms with Crippen LogP contribution < -0.4 is 10.6 Å². The van der Waals surface area contributed by atoms with Crippen LogP contribution in [0.3, 0.4) is 0 Å². The first-order valence-corrected chi connectivity index (χ1v) is 8.50. The fraction of sp³-hybridized carbons (Fsp3) is 0.438. The molecule has 0 atom stereocenters. The third kappa shape index (κ3) is 3.16. The molecule has 136 valence electrons. The molecule has 0 saturated carbocycles. The minimum absolute atomic E-state index is 0.111. The second-order valence-corrected chi connectivity index (χ2v) is 5.99. The molecule has 0 bridgehead atoms. The van der Waals surface area contributed by atoms with Crippen LogP contribution in [-0.2, 0) is 11.3 Å². The van der Waals surface area contributed by atoms with Crippen molar-refractivity contribution >= 4 is 22.9 Å². The zero-order valence-corrected chi connectivity index (χ0v) is 14.2. The Bertz CT molecular complexity index is 889. The molecule has 3 aromatic heterocycles. The molecule has 1 saturated heterocycles. The Hall–Kier alpha value is -2.85. The van der Waals surface area contributed by atoms with E-state index in [1.165, 1.54) is 0 Å². The van der Waals surface area contributed by atoms with Gasteiger partial charge in [0.15, 0.2) is 22.8 Å². The molecule has 1 aliphatic heterocycles. The molecule has 10 heteroatoms. The standard InChI is InChI=1S/C16H20N8O2/c17-16-18-8-11(9-19-16)13-21-14(23-3-6-26-7-4-23)12-15(22-13)24(10-20-12)2-1-5-25/h8-10,25H,1-7H2,(H2,17,18,19). The molecule has 0 unspecified atom stereocenters. The van der Waals surface area contributed by atoms with Gasteiger partial charge < -0.3 is 25.0 Å². The second-order valence-electron chi connectivity index (χ2n) is 5.99. The summed E-state index contributed by atoms with van der Waals surface area (Å²) in [5.41, 5.74) is 7.73. The van der Waals surface area contributed by atoms with Gasteiger partial charge in [0.2, 0.25) is 5.95 Å². The van der Waals surface area contributed by atoms with E-state index in [-0.39, 0.29) is 12.6 Å². The number of rotatable bonds is 5. The van der Waals surface area contributed by atoms with Gasteiger partial charge >= 0.3 is 0 Å². The van der Waals surface area contributed by atoms with Crippen LogP contribution in [0.25, 0.3) is 22.6 Å². The van der Waals surface area contributed by atoms with E-state index >= 15 is 0 Å². The van der Waals surface area contributed by atoms with Gasteiger partial charge in [-0.3, -0.25) is 0 Å². The van der Waals surface area contributed by atoms with Crippen LogP contribution in [0.2, 0.25) is 0 Å². The lowest BCUT2D eigenvalue weighted by Gasteiger charge is -2.28. The molecule has 3 aromatic rings. The van der Waals surface area contributed by atoms with Crippen molar-refractivity contribution in [2.24, 2.45) is 0 Å². The number of fused-ring (bicyclic) bond motifs is 1. The van der Waals surface area contributed by atoms with Gasteiger partial charge in [-0.1, -0.05) is 0 Å². The monoisotopic (exact) mass is 356 g/mol. The molecule has 1 aliphatic rings. The summed E-state index contributed by atoms with van der Waals surface area (Å²) in [5, 5.41) is 9.14. The number of aryl methyl sites for hydroxylation is 1. The van der Waals surface area contributed by atoms with E-state index in [1.54, 1.807) is 18.7 Å². The van der Waals surface area contributed by atoms with Gasteiger partial charge in [0.05, 0.1) is 25.1 Å². The van der Waals surface area contributed by atoms with Crippen LogP contribution in [0.15, 0.2) is 18.7 Å². The predicted molar refractivity (Wildman–Crippen MR) is 95.5 cm³/mol. The normalized spacial score (nSPS) is 14.9. The van der Waals surface area contributed by atoms with E-state index in [4.69, 9.17) is 20.6 Å². The number of aliphatic hydroxyl groups is 1. The third-order valence-electron chi connectivity index (χ3n) is 4.24. The van der Waals surface area contributed by atoms with Crippen LogP contribution in [0, 0.1) is 0 Å². The average Bonchev–Trinajstić information content (AvgIpc) is 3.10. The highest BCUT2D eigenvalue weighted by molar-refractivity contribution is 5.85. The molecule has 0 amide bonds. The van der Waals surface area contributed by atoms with Gasteiger partial charge in [-0.25, -0.2) is 24.9 Å². The van der Waals surface area contributed by atoms with Crippen LogP contribution in [-0.4, -0.2) is 67.5 Å². The van der Waals surface area contributed by atoms with Crippen LogP contribution >= 0.6 is 0 Å². The van der Waals surface area contributed by atoms with Crippen LogP contribution in [0.5, 0.6) is 0 Å². The number of aromatic nitrogens is 6. The minimum Gasteiger partial charge on any atom is -0.396 e. The number of morpholine rings is 1. The van der Waals surface area contributed by atoms with Crippen molar-refractivity contribution in [1.82, 2.24) is 29.5 Å². The summed E-state index contributed by atoms with van der Waals surface area (Å²) in [6.07, 6.45) is 5.59. The summed E-state index contributed by atoms with van der Waals surface area (Å²) in [5.74, 6) is 1.49. The summed E-state index contributed by atoms with van der Waals surface area (Å²) in [6.45, 7) is 3.53. The van der Waals surface area contributed by atoms with Crippen molar-refractivity contribution in [2.45, 2.75) is 13.0 Å². The van der Waals surface area contributed by atoms with Gasteiger partial charge in [0, 0.05) is 38.6 Å². The topological polar surface area (TPSA) is 128 Å². The molecule has 0 spiro atoms. The zero-order valence-electron chi connectivity index (χ0n) is 14.2. The minimum atomic E-state index is 0.111. The van der Waals surface area contributed by atoms with Crippen molar-refractivity contribution in [3.8, 4) is 11.4 Å². The van der Waals surface area contributed by atoms with E-state index in [1.807, 2.05) is 4.57 Å². The Labute approximate surface area is 149 Å². The van der Waals surface area contributed by atoms with E-state index in [2.05, 4.69) is 24.8 Å². The molecule has 3 N–H and O–H groups in total.